The van der Waals surface area contributed by atoms with Crippen molar-refractivity contribution in [2.24, 2.45) is 5.92 Å². The van der Waals surface area contributed by atoms with Gasteiger partial charge in [0.15, 0.2) is 11.8 Å². The summed E-state index contributed by atoms with van der Waals surface area (Å²) in [4.78, 5) is 20.4. The molecule has 1 aromatic carbocycles. The smallest absolute Gasteiger partial charge is 0.286 e. The number of carbonyl (C=O) groups is 1. The van der Waals surface area contributed by atoms with Crippen LogP contribution in [0.1, 0.15) is 46.1 Å². The number of benzene rings is 1. The Morgan fingerprint density at radius 2 is 1.76 bits per heavy atom. The van der Waals surface area contributed by atoms with E-state index in [-0.39, 0.29) is 17.8 Å². The third-order valence-electron chi connectivity index (χ3n) is 6.40. The molecule has 2 heterocycles. The number of amides is 1. The topological polar surface area (TPSA) is 111 Å². The predicted molar refractivity (Wildman–Crippen MR) is 135 cm³/mol. The maximum Gasteiger partial charge on any atom is 0.286 e. The lowest BCUT2D eigenvalue weighted by Crippen LogP contribution is -2.56. The Labute approximate surface area is 197 Å². The molecule has 1 atom stereocenters. The number of guanidine groups is 1. The molecule has 1 fully saturated rings. The molecule has 1 aliphatic rings. The van der Waals surface area contributed by atoms with Crippen LogP contribution in [0.25, 0.3) is 10.9 Å². The first-order valence-corrected chi connectivity index (χ1v) is 12.0. The number of nitrogens with one attached hydrogen (secondary N) is 5. The van der Waals surface area contributed by atoms with E-state index in [1.165, 1.54) is 0 Å². The Hall–Kier alpha value is -2.87. The van der Waals surface area contributed by atoms with Gasteiger partial charge in [-0.2, -0.15) is 0 Å². The molecule has 1 amide bonds. The largest absolute Gasteiger partial charge is 0.361 e. The summed E-state index contributed by atoms with van der Waals surface area (Å²) in [5, 5.41) is 23.5. The van der Waals surface area contributed by atoms with Gasteiger partial charge in [-0.25, -0.2) is 0 Å². The predicted octanol–water partition coefficient (Wildman–Crippen LogP) is 3.16. The highest BCUT2D eigenvalue weighted by Gasteiger charge is 2.23. The molecule has 0 radical (unpaired) electrons. The number of hydrogen-bond donors (Lipinski definition) is 5. The van der Waals surface area contributed by atoms with Crippen LogP contribution in [0.4, 0.5) is 0 Å². The van der Waals surface area contributed by atoms with E-state index in [9.17, 15) is 4.79 Å². The number of aromatic nitrogens is 1. The molecule has 0 saturated carbocycles. The standard InChI is InChI=1S/C25H39N7O/c1-17(2)9-10-20(15-19-16-28-22-8-6-5-7-21(19)22)29-24(33)23(26)30-25(27)32-13-11-31(12-14-32)18(3)4/h5-8,16-18,20,28H,9-15H2,1-4H3,(H,29,33)(H3,26,27,30). The van der Waals surface area contributed by atoms with Gasteiger partial charge in [0.1, 0.15) is 0 Å². The summed E-state index contributed by atoms with van der Waals surface area (Å²) < 4.78 is 0. The summed E-state index contributed by atoms with van der Waals surface area (Å²) in [7, 11) is 0. The zero-order valence-corrected chi connectivity index (χ0v) is 20.4. The summed E-state index contributed by atoms with van der Waals surface area (Å²) in [6, 6.07) is 8.57. The minimum Gasteiger partial charge on any atom is -0.361 e. The first-order valence-electron chi connectivity index (χ1n) is 12.0. The van der Waals surface area contributed by atoms with E-state index in [0.717, 1.165) is 55.5 Å². The molecule has 1 aromatic heterocycles. The SMILES string of the molecule is CC(C)CCC(Cc1c[nH]c2ccccc12)NC(=O)C(=N)NC(=N)N1CCN(C(C)C)CC1. The van der Waals surface area contributed by atoms with Crippen LogP contribution in [0.5, 0.6) is 0 Å². The number of fused-ring (bicyclic) bond motifs is 1. The maximum atomic E-state index is 12.8. The highest BCUT2D eigenvalue weighted by atomic mass is 16.2. The van der Waals surface area contributed by atoms with Gasteiger partial charge in [0.05, 0.1) is 0 Å². The Balaban J connectivity index is 1.58. The highest BCUT2D eigenvalue weighted by molar-refractivity contribution is 6.39. The molecule has 0 spiro atoms. The van der Waals surface area contributed by atoms with Crippen molar-refractivity contribution in [1.82, 2.24) is 25.4 Å². The minimum absolute atomic E-state index is 0.0787. The zero-order valence-electron chi connectivity index (χ0n) is 20.4. The number of para-hydroxylation sites is 1. The summed E-state index contributed by atoms with van der Waals surface area (Å²) in [5.41, 5.74) is 2.25. The molecular weight excluding hydrogens is 414 g/mol. The van der Waals surface area contributed by atoms with E-state index in [1.54, 1.807) is 0 Å². The van der Waals surface area contributed by atoms with Gasteiger partial charge in [-0.15, -0.1) is 0 Å². The molecular formula is C25H39N7O. The number of nitrogens with zero attached hydrogens (tertiary/aromatic N) is 2. The normalized spacial score (nSPS) is 15.8. The highest BCUT2D eigenvalue weighted by Crippen LogP contribution is 2.21. The molecule has 33 heavy (non-hydrogen) atoms. The van der Waals surface area contributed by atoms with E-state index < -0.39 is 5.91 Å². The fourth-order valence-electron chi connectivity index (χ4n) is 4.30. The first kappa shape index (κ1) is 24.8. The van der Waals surface area contributed by atoms with E-state index in [0.29, 0.717) is 18.4 Å². The molecule has 180 valence electrons. The third-order valence-corrected chi connectivity index (χ3v) is 6.40. The number of piperazine rings is 1. The molecule has 0 aliphatic carbocycles. The molecule has 2 aromatic rings. The van der Waals surface area contributed by atoms with Crippen molar-refractivity contribution >= 4 is 28.6 Å². The van der Waals surface area contributed by atoms with Crippen LogP contribution in [0.15, 0.2) is 30.5 Å². The van der Waals surface area contributed by atoms with Crippen LogP contribution in [0, 0.1) is 16.7 Å². The Kier molecular flexibility index (Phi) is 8.49. The van der Waals surface area contributed by atoms with Crippen molar-refractivity contribution in [3.63, 3.8) is 0 Å². The monoisotopic (exact) mass is 453 g/mol. The van der Waals surface area contributed by atoms with Crippen LogP contribution in [-0.2, 0) is 11.2 Å². The lowest BCUT2D eigenvalue weighted by molar-refractivity contribution is -0.115. The van der Waals surface area contributed by atoms with Gasteiger partial charge in [-0.05, 0) is 50.7 Å². The second-order valence-electron chi connectivity index (χ2n) is 9.67. The molecule has 1 saturated heterocycles. The van der Waals surface area contributed by atoms with Gasteiger partial charge in [0.25, 0.3) is 5.91 Å². The van der Waals surface area contributed by atoms with E-state index in [4.69, 9.17) is 10.8 Å². The Bertz CT molecular complexity index is 957. The van der Waals surface area contributed by atoms with E-state index in [2.05, 4.69) is 54.3 Å². The molecule has 1 unspecified atom stereocenters. The Morgan fingerprint density at radius 1 is 1.06 bits per heavy atom. The molecule has 0 bridgehead atoms. The number of rotatable bonds is 7. The van der Waals surface area contributed by atoms with Gasteiger partial charge in [-0.3, -0.25) is 20.5 Å². The maximum absolute atomic E-state index is 12.8. The fraction of sp³-hybridized carbons (Fsp3) is 0.560. The van der Waals surface area contributed by atoms with E-state index in [1.807, 2.05) is 29.3 Å². The van der Waals surface area contributed by atoms with Crippen molar-refractivity contribution < 1.29 is 4.79 Å². The van der Waals surface area contributed by atoms with Gasteiger partial charge >= 0.3 is 0 Å². The van der Waals surface area contributed by atoms with Crippen molar-refractivity contribution in [2.45, 2.75) is 59.0 Å². The first-order chi connectivity index (χ1) is 15.7. The van der Waals surface area contributed by atoms with Gasteiger partial charge < -0.3 is 20.5 Å². The van der Waals surface area contributed by atoms with Crippen molar-refractivity contribution in [3.05, 3.63) is 36.0 Å². The van der Waals surface area contributed by atoms with Crippen LogP contribution in [0.2, 0.25) is 0 Å². The number of H-pyrrole nitrogens is 1. The number of aromatic amines is 1. The van der Waals surface area contributed by atoms with Crippen molar-refractivity contribution in [3.8, 4) is 0 Å². The van der Waals surface area contributed by atoms with Crippen LogP contribution < -0.4 is 10.6 Å². The van der Waals surface area contributed by atoms with Gasteiger partial charge in [0, 0.05) is 55.4 Å². The Morgan fingerprint density at radius 3 is 2.42 bits per heavy atom. The lowest BCUT2D eigenvalue weighted by atomic mass is 9.97. The van der Waals surface area contributed by atoms with Crippen molar-refractivity contribution in [1.29, 1.82) is 10.8 Å². The molecule has 8 heteroatoms. The van der Waals surface area contributed by atoms with Crippen LogP contribution >= 0.6 is 0 Å². The average molecular weight is 454 g/mol. The van der Waals surface area contributed by atoms with Gasteiger partial charge in [0.2, 0.25) is 0 Å². The van der Waals surface area contributed by atoms with Gasteiger partial charge in [-0.1, -0.05) is 32.0 Å². The second kappa shape index (κ2) is 11.3. The summed E-state index contributed by atoms with van der Waals surface area (Å²) >= 11 is 0. The fourth-order valence-corrected chi connectivity index (χ4v) is 4.30. The summed E-state index contributed by atoms with van der Waals surface area (Å²) in [5.74, 6) is -0.0922. The molecule has 1 aliphatic heterocycles. The molecule has 3 rings (SSSR count). The summed E-state index contributed by atoms with van der Waals surface area (Å²) in [6.07, 6.45) is 4.54. The van der Waals surface area contributed by atoms with Crippen LogP contribution in [0.3, 0.4) is 0 Å². The van der Waals surface area contributed by atoms with Crippen molar-refractivity contribution in [2.75, 3.05) is 26.2 Å². The number of amidine groups is 1. The molecule has 8 nitrogen and oxygen atoms in total. The number of carbonyl (C=O) groups excluding carboxylic acids is 1. The zero-order chi connectivity index (χ0) is 24.0. The average Bonchev–Trinajstić information content (AvgIpc) is 3.20. The summed E-state index contributed by atoms with van der Waals surface area (Å²) in [6.45, 7) is 11.9. The quantitative estimate of drug-likeness (QED) is 0.327. The van der Waals surface area contributed by atoms with Crippen LogP contribution in [-0.4, -0.2) is 70.7 Å². The lowest BCUT2D eigenvalue weighted by Gasteiger charge is -2.37. The minimum atomic E-state index is -0.464. The molecule has 5 N–H and O–H groups in total. The van der Waals surface area contributed by atoms with E-state index >= 15 is 0 Å². The third kappa shape index (κ3) is 6.81. The second-order valence-corrected chi connectivity index (χ2v) is 9.67. The number of hydrogen-bond acceptors (Lipinski definition) is 4.